The van der Waals surface area contributed by atoms with Crippen molar-refractivity contribution < 1.29 is 27.8 Å². The molecule has 142 valence electrons. The monoisotopic (exact) mass is 383 g/mol. The lowest BCUT2D eigenvalue weighted by Gasteiger charge is -2.08. The third kappa shape index (κ3) is 5.14. The molecule has 5 nitrogen and oxygen atoms in total. The van der Waals surface area contributed by atoms with Gasteiger partial charge in [-0.3, -0.25) is 4.79 Å². The summed E-state index contributed by atoms with van der Waals surface area (Å²) in [7, 11) is 0. The quantitative estimate of drug-likeness (QED) is 0.634. The van der Waals surface area contributed by atoms with Gasteiger partial charge < -0.3 is 14.8 Å². The number of amides is 1. The van der Waals surface area contributed by atoms with Crippen LogP contribution in [0.3, 0.4) is 0 Å². The number of benzene rings is 3. The average Bonchev–Trinajstić information content (AvgIpc) is 2.70. The number of para-hydroxylation sites is 1. The lowest BCUT2D eigenvalue weighted by atomic mass is 10.2. The molecule has 0 bridgehead atoms. The molecule has 3 rings (SSSR count). The van der Waals surface area contributed by atoms with E-state index in [0.717, 1.165) is 12.1 Å². The van der Waals surface area contributed by atoms with Crippen LogP contribution in [0.4, 0.5) is 14.5 Å². The summed E-state index contributed by atoms with van der Waals surface area (Å²) in [4.78, 5) is 23.8. The van der Waals surface area contributed by atoms with Crippen molar-refractivity contribution in [2.24, 2.45) is 0 Å². The molecule has 0 saturated carbocycles. The van der Waals surface area contributed by atoms with E-state index in [0.29, 0.717) is 17.6 Å². The summed E-state index contributed by atoms with van der Waals surface area (Å²) in [5.41, 5.74) is 0.0195. The van der Waals surface area contributed by atoms with Gasteiger partial charge in [0.15, 0.2) is 6.61 Å². The Morgan fingerprint density at radius 3 is 2.21 bits per heavy atom. The Hall–Kier alpha value is -3.74. The molecule has 1 N–H and O–H groups in total. The number of hydrogen-bond acceptors (Lipinski definition) is 4. The van der Waals surface area contributed by atoms with E-state index in [4.69, 9.17) is 9.47 Å². The maximum atomic E-state index is 13.5. The molecule has 3 aromatic carbocycles. The van der Waals surface area contributed by atoms with Crippen LogP contribution in [0.5, 0.6) is 11.5 Å². The van der Waals surface area contributed by atoms with Crippen molar-refractivity contribution in [2.45, 2.75) is 0 Å². The number of esters is 1. The highest BCUT2D eigenvalue weighted by Gasteiger charge is 2.12. The van der Waals surface area contributed by atoms with Crippen molar-refractivity contribution in [3.8, 4) is 11.5 Å². The standard InChI is InChI=1S/C21H15F2NO4/c22-15-8-11-19(18(23)12-15)24-20(25)13-27-21(26)14-6-9-17(10-7-14)28-16-4-2-1-3-5-16/h1-12H,13H2,(H,24,25). The molecule has 0 spiro atoms. The van der Waals surface area contributed by atoms with E-state index in [1.165, 1.54) is 12.1 Å². The Morgan fingerprint density at radius 2 is 1.54 bits per heavy atom. The fraction of sp³-hybridized carbons (Fsp3) is 0.0476. The summed E-state index contributed by atoms with van der Waals surface area (Å²) in [5, 5.41) is 2.20. The van der Waals surface area contributed by atoms with Crippen LogP contribution >= 0.6 is 0 Å². The number of rotatable bonds is 6. The molecular formula is C21H15F2NO4. The van der Waals surface area contributed by atoms with E-state index < -0.39 is 30.1 Å². The molecular weight excluding hydrogens is 368 g/mol. The molecule has 0 atom stereocenters. The molecule has 0 unspecified atom stereocenters. The van der Waals surface area contributed by atoms with Gasteiger partial charge in [-0.15, -0.1) is 0 Å². The van der Waals surface area contributed by atoms with E-state index in [-0.39, 0.29) is 11.3 Å². The highest BCUT2D eigenvalue weighted by Crippen LogP contribution is 2.21. The zero-order chi connectivity index (χ0) is 19.9. The maximum Gasteiger partial charge on any atom is 0.338 e. The van der Waals surface area contributed by atoms with Crippen LogP contribution in [-0.4, -0.2) is 18.5 Å². The highest BCUT2D eigenvalue weighted by atomic mass is 19.1. The number of halogens is 2. The average molecular weight is 383 g/mol. The Balaban J connectivity index is 1.52. The van der Waals surface area contributed by atoms with Gasteiger partial charge in [-0.25, -0.2) is 13.6 Å². The molecule has 3 aromatic rings. The summed E-state index contributed by atoms with van der Waals surface area (Å²) in [6, 6.07) is 18.0. The Labute approximate surface area is 159 Å². The summed E-state index contributed by atoms with van der Waals surface area (Å²) in [5.74, 6) is -1.96. The van der Waals surface area contributed by atoms with Crippen LogP contribution < -0.4 is 10.1 Å². The number of carbonyl (C=O) groups is 2. The first kappa shape index (κ1) is 19.0. The molecule has 28 heavy (non-hydrogen) atoms. The Morgan fingerprint density at radius 1 is 0.857 bits per heavy atom. The minimum absolute atomic E-state index is 0.204. The van der Waals surface area contributed by atoms with Gasteiger partial charge in [0, 0.05) is 6.07 Å². The van der Waals surface area contributed by atoms with Gasteiger partial charge in [0.1, 0.15) is 23.1 Å². The molecule has 0 aliphatic rings. The maximum absolute atomic E-state index is 13.5. The van der Waals surface area contributed by atoms with Gasteiger partial charge in [0.25, 0.3) is 5.91 Å². The van der Waals surface area contributed by atoms with Crippen molar-refractivity contribution in [2.75, 3.05) is 11.9 Å². The van der Waals surface area contributed by atoms with Crippen molar-refractivity contribution in [3.05, 3.63) is 90.0 Å². The summed E-state index contributed by atoms with van der Waals surface area (Å²) < 4.78 is 36.9. The van der Waals surface area contributed by atoms with Crippen molar-refractivity contribution >= 4 is 17.6 Å². The number of anilines is 1. The molecule has 0 radical (unpaired) electrons. The van der Waals surface area contributed by atoms with E-state index in [1.807, 2.05) is 18.2 Å². The zero-order valence-electron chi connectivity index (χ0n) is 14.5. The first-order chi connectivity index (χ1) is 13.5. The molecule has 0 saturated heterocycles. The third-order valence-corrected chi connectivity index (χ3v) is 3.61. The van der Waals surface area contributed by atoms with E-state index in [1.54, 1.807) is 24.3 Å². The van der Waals surface area contributed by atoms with Crippen molar-refractivity contribution in [1.29, 1.82) is 0 Å². The van der Waals surface area contributed by atoms with Crippen molar-refractivity contribution in [3.63, 3.8) is 0 Å². The fourth-order valence-electron chi connectivity index (χ4n) is 2.28. The first-order valence-corrected chi connectivity index (χ1v) is 8.26. The van der Waals surface area contributed by atoms with Crippen LogP contribution in [0.2, 0.25) is 0 Å². The topological polar surface area (TPSA) is 64.6 Å². The number of hydrogen-bond donors (Lipinski definition) is 1. The number of carbonyl (C=O) groups excluding carboxylic acids is 2. The smallest absolute Gasteiger partial charge is 0.338 e. The molecule has 7 heteroatoms. The van der Waals surface area contributed by atoms with E-state index in [9.17, 15) is 18.4 Å². The van der Waals surface area contributed by atoms with Crippen LogP contribution in [0.1, 0.15) is 10.4 Å². The van der Waals surface area contributed by atoms with Gasteiger partial charge in [0.2, 0.25) is 0 Å². The third-order valence-electron chi connectivity index (χ3n) is 3.61. The molecule has 1 amide bonds. The minimum Gasteiger partial charge on any atom is -0.457 e. The molecule has 0 fully saturated rings. The van der Waals surface area contributed by atoms with Gasteiger partial charge in [-0.05, 0) is 48.5 Å². The van der Waals surface area contributed by atoms with Crippen molar-refractivity contribution in [1.82, 2.24) is 0 Å². The lowest BCUT2D eigenvalue weighted by Crippen LogP contribution is -2.21. The second kappa shape index (κ2) is 8.77. The minimum atomic E-state index is -0.923. The molecule has 0 aliphatic heterocycles. The Kier molecular flexibility index (Phi) is 5.96. The van der Waals surface area contributed by atoms with Gasteiger partial charge in [0.05, 0.1) is 11.3 Å². The van der Waals surface area contributed by atoms with Gasteiger partial charge >= 0.3 is 5.97 Å². The summed E-state index contributed by atoms with van der Waals surface area (Å²) >= 11 is 0. The SMILES string of the molecule is O=C(COC(=O)c1ccc(Oc2ccccc2)cc1)Nc1ccc(F)cc1F. The molecule has 0 aliphatic carbocycles. The lowest BCUT2D eigenvalue weighted by molar-refractivity contribution is -0.119. The second-order valence-corrected chi connectivity index (χ2v) is 5.69. The normalized spacial score (nSPS) is 10.2. The highest BCUT2D eigenvalue weighted by molar-refractivity contribution is 5.95. The van der Waals surface area contributed by atoms with Crippen LogP contribution in [-0.2, 0) is 9.53 Å². The van der Waals surface area contributed by atoms with Crippen LogP contribution in [0.25, 0.3) is 0 Å². The second-order valence-electron chi connectivity index (χ2n) is 5.69. The fourth-order valence-corrected chi connectivity index (χ4v) is 2.28. The van der Waals surface area contributed by atoms with Gasteiger partial charge in [-0.2, -0.15) is 0 Å². The Bertz CT molecular complexity index is 975. The zero-order valence-corrected chi connectivity index (χ0v) is 14.5. The van der Waals surface area contributed by atoms with Crippen LogP contribution in [0, 0.1) is 11.6 Å². The molecule has 0 aromatic heterocycles. The largest absolute Gasteiger partial charge is 0.457 e. The van der Waals surface area contributed by atoms with Crippen LogP contribution in [0.15, 0.2) is 72.8 Å². The van der Waals surface area contributed by atoms with Gasteiger partial charge in [-0.1, -0.05) is 18.2 Å². The van der Waals surface area contributed by atoms with E-state index in [2.05, 4.69) is 5.32 Å². The van der Waals surface area contributed by atoms with E-state index >= 15 is 0 Å². The molecule has 0 heterocycles. The predicted molar refractivity (Wildman–Crippen MR) is 98.2 cm³/mol. The summed E-state index contributed by atoms with van der Waals surface area (Å²) in [6.07, 6.45) is 0. The first-order valence-electron chi connectivity index (χ1n) is 8.26. The number of nitrogens with one attached hydrogen (secondary N) is 1. The number of ether oxygens (including phenoxy) is 2. The predicted octanol–water partition coefficient (Wildman–Crippen LogP) is 4.55. The summed E-state index contributed by atoms with van der Waals surface area (Å²) in [6.45, 7) is -0.613.